The van der Waals surface area contributed by atoms with Crippen LogP contribution in [0.3, 0.4) is 0 Å². The first-order valence-corrected chi connectivity index (χ1v) is 11.5. The fourth-order valence-corrected chi connectivity index (χ4v) is 4.76. The Bertz CT molecular complexity index is 1070. The second-order valence-corrected chi connectivity index (χ2v) is 9.17. The lowest BCUT2D eigenvalue weighted by molar-refractivity contribution is 0.0713. The van der Waals surface area contributed by atoms with Gasteiger partial charge in [-0.25, -0.2) is 13.1 Å². The number of benzene rings is 2. The van der Waals surface area contributed by atoms with Gasteiger partial charge < -0.3 is 9.32 Å². The van der Waals surface area contributed by atoms with E-state index in [9.17, 15) is 13.2 Å². The van der Waals surface area contributed by atoms with Crippen molar-refractivity contribution in [1.29, 1.82) is 0 Å². The predicted molar refractivity (Wildman–Crippen MR) is 113 cm³/mol. The predicted octanol–water partition coefficient (Wildman–Crippen LogP) is 3.78. The Morgan fingerprint density at radius 2 is 1.67 bits per heavy atom. The van der Waals surface area contributed by atoms with Crippen molar-refractivity contribution in [1.82, 2.24) is 9.62 Å². The van der Waals surface area contributed by atoms with Gasteiger partial charge in [-0.1, -0.05) is 30.3 Å². The van der Waals surface area contributed by atoms with Gasteiger partial charge in [0.15, 0.2) is 0 Å². The number of amides is 1. The maximum Gasteiger partial charge on any atom is 0.253 e. The van der Waals surface area contributed by atoms with Crippen LogP contribution in [0, 0.1) is 0 Å². The normalized spacial score (nSPS) is 15.3. The summed E-state index contributed by atoms with van der Waals surface area (Å²) in [6.45, 7) is 1.47. The summed E-state index contributed by atoms with van der Waals surface area (Å²) >= 11 is 0. The maximum atomic E-state index is 12.8. The Morgan fingerprint density at radius 1 is 0.967 bits per heavy atom. The highest BCUT2D eigenvalue weighted by atomic mass is 32.2. The van der Waals surface area contributed by atoms with Crippen LogP contribution in [0.25, 0.3) is 0 Å². The van der Waals surface area contributed by atoms with Crippen molar-refractivity contribution in [2.75, 3.05) is 13.1 Å². The maximum absolute atomic E-state index is 12.8. The minimum atomic E-state index is -3.68. The van der Waals surface area contributed by atoms with Gasteiger partial charge in [0.2, 0.25) is 10.0 Å². The van der Waals surface area contributed by atoms with Crippen LogP contribution in [-0.4, -0.2) is 32.3 Å². The van der Waals surface area contributed by atoms with Crippen LogP contribution < -0.4 is 4.72 Å². The monoisotopic (exact) mass is 424 g/mol. The summed E-state index contributed by atoms with van der Waals surface area (Å²) in [5, 5.41) is 0. The fraction of sp³-hybridized carbons (Fsp3) is 0.261. The van der Waals surface area contributed by atoms with Crippen molar-refractivity contribution in [3.05, 3.63) is 89.9 Å². The Kier molecular flexibility index (Phi) is 6.01. The number of hydrogen-bond acceptors (Lipinski definition) is 4. The summed E-state index contributed by atoms with van der Waals surface area (Å²) in [6.07, 6.45) is 3.35. The van der Waals surface area contributed by atoms with Crippen molar-refractivity contribution < 1.29 is 17.6 Å². The van der Waals surface area contributed by atoms with Crippen LogP contribution in [0.5, 0.6) is 0 Å². The van der Waals surface area contributed by atoms with Gasteiger partial charge in [0.1, 0.15) is 5.76 Å². The highest BCUT2D eigenvalue weighted by molar-refractivity contribution is 7.89. The first kappa shape index (κ1) is 20.4. The third-order valence-electron chi connectivity index (χ3n) is 5.48. The molecule has 1 fully saturated rings. The second kappa shape index (κ2) is 8.85. The molecule has 1 saturated heterocycles. The molecule has 1 aliphatic rings. The number of furan rings is 1. The summed E-state index contributed by atoms with van der Waals surface area (Å²) in [5.41, 5.74) is 1.82. The molecule has 30 heavy (non-hydrogen) atoms. The molecule has 7 heteroatoms. The summed E-state index contributed by atoms with van der Waals surface area (Å²) in [4.78, 5) is 14.8. The molecule has 0 aliphatic carbocycles. The lowest BCUT2D eigenvalue weighted by Crippen LogP contribution is -2.37. The molecule has 0 spiro atoms. The van der Waals surface area contributed by atoms with E-state index in [0.717, 1.165) is 12.8 Å². The molecule has 1 aromatic heterocycles. The smallest absolute Gasteiger partial charge is 0.253 e. The number of rotatable bonds is 6. The molecule has 2 aromatic carbocycles. The first-order valence-electron chi connectivity index (χ1n) is 9.99. The van der Waals surface area contributed by atoms with E-state index in [2.05, 4.69) is 16.9 Å². The van der Waals surface area contributed by atoms with Gasteiger partial charge in [-0.15, -0.1) is 0 Å². The van der Waals surface area contributed by atoms with E-state index >= 15 is 0 Å². The van der Waals surface area contributed by atoms with Gasteiger partial charge in [0, 0.05) is 18.7 Å². The van der Waals surface area contributed by atoms with Crippen LogP contribution >= 0.6 is 0 Å². The quantitative estimate of drug-likeness (QED) is 0.653. The molecule has 4 rings (SSSR count). The molecule has 1 amide bonds. The van der Waals surface area contributed by atoms with Crippen molar-refractivity contribution >= 4 is 15.9 Å². The fourth-order valence-electron chi connectivity index (χ4n) is 3.76. The number of sulfonamides is 1. The lowest BCUT2D eigenvalue weighted by atomic mass is 9.89. The van der Waals surface area contributed by atoms with E-state index in [0.29, 0.717) is 30.3 Å². The van der Waals surface area contributed by atoms with Gasteiger partial charge >= 0.3 is 0 Å². The largest absolute Gasteiger partial charge is 0.468 e. The molecule has 2 heterocycles. The molecule has 1 aliphatic heterocycles. The van der Waals surface area contributed by atoms with Crippen LogP contribution in [0.4, 0.5) is 0 Å². The zero-order chi connectivity index (χ0) is 21.0. The van der Waals surface area contributed by atoms with Crippen molar-refractivity contribution in [3.63, 3.8) is 0 Å². The number of nitrogens with zero attached hydrogens (tertiary/aromatic N) is 1. The average molecular weight is 425 g/mol. The highest BCUT2D eigenvalue weighted by Gasteiger charge is 2.25. The number of piperidine rings is 1. The average Bonchev–Trinajstić information content (AvgIpc) is 3.32. The number of likely N-dealkylation sites (tertiary alicyclic amines) is 1. The van der Waals surface area contributed by atoms with Crippen LogP contribution in [0.15, 0.2) is 82.3 Å². The van der Waals surface area contributed by atoms with Gasteiger partial charge in [-0.05, 0) is 60.7 Å². The third-order valence-corrected chi connectivity index (χ3v) is 6.90. The number of carbonyl (C=O) groups is 1. The number of carbonyl (C=O) groups excluding carboxylic acids is 1. The summed E-state index contributed by atoms with van der Waals surface area (Å²) in [6, 6.07) is 19.9. The SMILES string of the molecule is O=C(c1ccc(S(=O)(=O)NCc2ccco2)cc1)N1CCC(c2ccccc2)CC1. The van der Waals surface area contributed by atoms with Crippen molar-refractivity contribution in [3.8, 4) is 0 Å². The number of nitrogens with one attached hydrogen (secondary N) is 1. The standard InChI is InChI=1S/C23H24N2O4S/c26-23(25-14-12-19(13-15-25)18-5-2-1-3-6-18)20-8-10-22(11-9-20)30(27,28)24-17-21-7-4-16-29-21/h1-11,16,19,24H,12-15,17H2. The molecule has 6 nitrogen and oxygen atoms in total. The Morgan fingerprint density at radius 3 is 2.30 bits per heavy atom. The molecule has 3 aromatic rings. The zero-order valence-corrected chi connectivity index (χ0v) is 17.3. The summed E-state index contributed by atoms with van der Waals surface area (Å²) in [5.74, 6) is 0.946. The van der Waals surface area contributed by atoms with E-state index < -0.39 is 10.0 Å². The Labute approximate surface area is 176 Å². The molecular weight excluding hydrogens is 400 g/mol. The molecule has 0 bridgehead atoms. The van der Waals surface area contributed by atoms with E-state index in [1.54, 1.807) is 24.3 Å². The van der Waals surface area contributed by atoms with Crippen LogP contribution in [0.2, 0.25) is 0 Å². The minimum absolute atomic E-state index is 0.0611. The molecule has 0 unspecified atom stereocenters. The molecule has 0 radical (unpaired) electrons. The van der Waals surface area contributed by atoms with E-state index in [-0.39, 0.29) is 17.3 Å². The topological polar surface area (TPSA) is 79.6 Å². The Balaban J connectivity index is 1.36. The number of hydrogen-bond donors (Lipinski definition) is 1. The first-order chi connectivity index (χ1) is 14.5. The Hall–Kier alpha value is -2.90. The van der Waals surface area contributed by atoms with Gasteiger partial charge in [0.05, 0.1) is 17.7 Å². The lowest BCUT2D eigenvalue weighted by Gasteiger charge is -2.32. The van der Waals surface area contributed by atoms with Gasteiger partial charge in [0.25, 0.3) is 5.91 Å². The summed E-state index contributed by atoms with van der Waals surface area (Å²) < 4.78 is 32.5. The van der Waals surface area contributed by atoms with Crippen molar-refractivity contribution in [2.45, 2.75) is 30.2 Å². The van der Waals surface area contributed by atoms with E-state index in [1.165, 1.54) is 24.0 Å². The summed E-state index contributed by atoms with van der Waals surface area (Å²) in [7, 11) is -3.68. The van der Waals surface area contributed by atoms with Crippen molar-refractivity contribution in [2.24, 2.45) is 0 Å². The van der Waals surface area contributed by atoms with E-state index in [1.807, 2.05) is 23.1 Å². The molecule has 0 saturated carbocycles. The van der Waals surface area contributed by atoms with Gasteiger partial charge in [-0.2, -0.15) is 0 Å². The third kappa shape index (κ3) is 4.63. The second-order valence-electron chi connectivity index (χ2n) is 7.41. The zero-order valence-electron chi connectivity index (χ0n) is 16.5. The molecule has 1 N–H and O–H groups in total. The van der Waals surface area contributed by atoms with Gasteiger partial charge in [-0.3, -0.25) is 4.79 Å². The van der Waals surface area contributed by atoms with Crippen LogP contribution in [0.1, 0.15) is 40.4 Å². The van der Waals surface area contributed by atoms with E-state index in [4.69, 9.17) is 4.42 Å². The molecule has 156 valence electrons. The minimum Gasteiger partial charge on any atom is -0.468 e. The highest BCUT2D eigenvalue weighted by Crippen LogP contribution is 2.28. The molecule has 0 atom stereocenters. The van der Waals surface area contributed by atoms with Crippen LogP contribution in [-0.2, 0) is 16.6 Å². The molecular formula is C23H24N2O4S.